The first-order valence-electron chi connectivity index (χ1n) is 6.29. The number of nitrogens with zero attached hydrogens (tertiary/aromatic N) is 4. The molecule has 0 aliphatic heterocycles. The van der Waals surface area contributed by atoms with Crippen LogP contribution in [0.15, 0.2) is 6.33 Å². The highest BCUT2D eigenvalue weighted by molar-refractivity contribution is 6.28. The number of rotatable bonds is 7. The Bertz CT molecular complexity index is 601. The molecule has 0 spiro atoms. The number of aldehydes is 1. The van der Waals surface area contributed by atoms with Crippen LogP contribution >= 0.6 is 11.6 Å². The highest BCUT2D eigenvalue weighted by atomic mass is 35.5. The van der Waals surface area contributed by atoms with Crippen molar-refractivity contribution in [1.29, 1.82) is 0 Å². The first kappa shape index (κ1) is 14.7. The Labute approximate surface area is 121 Å². The van der Waals surface area contributed by atoms with Gasteiger partial charge in [-0.2, -0.15) is 9.97 Å². The summed E-state index contributed by atoms with van der Waals surface area (Å²) in [6.45, 7) is 0.513. The van der Waals surface area contributed by atoms with E-state index in [0.29, 0.717) is 36.4 Å². The number of ether oxygens (including phenoxy) is 1. The predicted molar refractivity (Wildman–Crippen MR) is 74.9 cm³/mol. The topological polar surface area (TPSA) is 95.9 Å². The van der Waals surface area contributed by atoms with Crippen molar-refractivity contribution >= 4 is 29.1 Å². The van der Waals surface area contributed by atoms with E-state index in [2.05, 4.69) is 15.0 Å². The minimum Gasteiger partial charge on any atom is -0.479 e. The molecule has 2 aromatic rings. The normalized spacial score (nSPS) is 12.6. The van der Waals surface area contributed by atoms with Crippen molar-refractivity contribution in [3.8, 4) is 5.88 Å². The zero-order valence-electron chi connectivity index (χ0n) is 11.1. The first-order valence-corrected chi connectivity index (χ1v) is 6.66. The fraction of sp³-hybridized carbons (Fsp3) is 0.500. The Kier molecular flexibility index (Phi) is 4.86. The van der Waals surface area contributed by atoms with Gasteiger partial charge < -0.3 is 19.8 Å². The van der Waals surface area contributed by atoms with Crippen molar-refractivity contribution in [1.82, 2.24) is 19.5 Å². The molecule has 7 nitrogen and oxygen atoms in total. The Morgan fingerprint density at radius 3 is 2.95 bits per heavy atom. The molecule has 1 atom stereocenters. The number of hydrogen-bond acceptors (Lipinski definition) is 6. The molecule has 0 aliphatic carbocycles. The molecule has 2 aromatic heterocycles. The first-order chi connectivity index (χ1) is 9.71. The minimum absolute atomic E-state index is 0.0471. The van der Waals surface area contributed by atoms with E-state index in [9.17, 15) is 4.79 Å². The average molecular weight is 298 g/mol. The molecule has 108 valence electrons. The van der Waals surface area contributed by atoms with Gasteiger partial charge in [0.05, 0.1) is 13.4 Å². The number of methoxy groups -OCH3 is 1. The van der Waals surface area contributed by atoms with Gasteiger partial charge in [-0.3, -0.25) is 0 Å². The van der Waals surface area contributed by atoms with Gasteiger partial charge in [0.15, 0.2) is 11.2 Å². The van der Waals surface area contributed by atoms with E-state index in [0.717, 1.165) is 12.7 Å². The van der Waals surface area contributed by atoms with Gasteiger partial charge >= 0.3 is 0 Å². The fourth-order valence-corrected chi connectivity index (χ4v) is 2.31. The molecule has 0 bridgehead atoms. The minimum atomic E-state index is 0.0471. The van der Waals surface area contributed by atoms with Crippen LogP contribution in [0.25, 0.3) is 11.2 Å². The number of imidazole rings is 1. The molecule has 0 aromatic carbocycles. The summed E-state index contributed by atoms with van der Waals surface area (Å²) in [4.78, 5) is 23.0. The fourth-order valence-electron chi connectivity index (χ4n) is 2.15. The van der Waals surface area contributed by atoms with Gasteiger partial charge in [-0.25, -0.2) is 4.98 Å². The van der Waals surface area contributed by atoms with Crippen LogP contribution in [0, 0.1) is 0 Å². The van der Waals surface area contributed by atoms with Crippen LogP contribution in [0.2, 0.25) is 5.28 Å². The van der Waals surface area contributed by atoms with E-state index in [1.165, 1.54) is 7.11 Å². The number of nitrogens with two attached hydrogens (primary N) is 1. The van der Waals surface area contributed by atoms with E-state index in [4.69, 9.17) is 22.1 Å². The number of hydrogen-bond donors (Lipinski definition) is 1. The van der Waals surface area contributed by atoms with E-state index >= 15 is 0 Å². The Morgan fingerprint density at radius 1 is 1.50 bits per heavy atom. The van der Waals surface area contributed by atoms with Crippen molar-refractivity contribution < 1.29 is 9.53 Å². The second kappa shape index (κ2) is 6.62. The second-order valence-corrected chi connectivity index (χ2v) is 4.64. The molecule has 0 fully saturated rings. The van der Waals surface area contributed by atoms with Crippen LogP contribution in [0.3, 0.4) is 0 Å². The SMILES string of the molecule is COc1nc(Cl)nc2c1ncn2C(CCN)CCC=O. The Morgan fingerprint density at radius 2 is 2.30 bits per heavy atom. The number of carbonyl (C=O) groups excluding carboxylic acids is 1. The maximum absolute atomic E-state index is 10.6. The molecule has 0 radical (unpaired) electrons. The lowest BCUT2D eigenvalue weighted by Gasteiger charge is -2.17. The van der Waals surface area contributed by atoms with Gasteiger partial charge in [0.2, 0.25) is 11.2 Å². The van der Waals surface area contributed by atoms with Gasteiger partial charge in [-0.15, -0.1) is 0 Å². The summed E-state index contributed by atoms with van der Waals surface area (Å²) in [7, 11) is 1.50. The molecule has 0 aliphatic rings. The lowest BCUT2D eigenvalue weighted by atomic mass is 10.1. The van der Waals surface area contributed by atoms with Crippen molar-refractivity contribution in [2.45, 2.75) is 25.3 Å². The Balaban J connectivity index is 2.46. The second-order valence-electron chi connectivity index (χ2n) is 4.30. The molecule has 0 saturated heterocycles. The van der Waals surface area contributed by atoms with Gasteiger partial charge in [-0.1, -0.05) is 0 Å². The summed E-state index contributed by atoms with van der Waals surface area (Å²) in [5.41, 5.74) is 6.77. The molecule has 0 amide bonds. The predicted octanol–water partition coefficient (Wildman–Crippen LogP) is 1.36. The standard InChI is InChI=1S/C12H16ClN5O2/c1-20-11-9-10(16-12(13)17-11)18(7-15-9)8(4-5-14)3-2-6-19/h6-8H,2-5,14H2,1H3. The Hall–Kier alpha value is -1.73. The van der Waals surface area contributed by atoms with Gasteiger partial charge in [-0.05, 0) is 31.0 Å². The smallest absolute Gasteiger partial charge is 0.246 e. The van der Waals surface area contributed by atoms with Crippen LogP contribution in [-0.4, -0.2) is 39.5 Å². The maximum Gasteiger partial charge on any atom is 0.246 e. The molecule has 1 unspecified atom stereocenters. The number of aromatic nitrogens is 4. The van der Waals surface area contributed by atoms with E-state index < -0.39 is 0 Å². The summed E-state index contributed by atoms with van der Waals surface area (Å²) >= 11 is 5.89. The van der Waals surface area contributed by atoms with Crippen molar-refractivity contribution in [3.05, 3.63) is 11.6 Å². The van der Waals surface area contributed by atoms with E-state index in [-0.39, 0.29) is 11.3 Å². The summed E-state index contributed by atoms with van der Waals surface area (Å²) < 4.78 is 7.03. The zero-order valence-corrected chi connectivity index (χ0v) is 11.9. The molecular weight excluding hydrogens is 282 g/mol. The third-order valence-electron chi connectivity index (χ3n) is 3.07. The number of fused-ring (bicyclic) bond motifs is 1. The maximum atomic E-state index is 10.6. The molecule has 0 saturated carbocycles. The third kappa shape index (κ3) is 2.88. The molecule has 2 rings (SSSR count). The van der Waals surface area contributed by atoms with Gasteiger partial charge in [0.25, 0.3) is 0 Å². The largest absolute Gasteiger partial charge is 0.479 e. The van der Waals surface area contributed by atoms with Crippen LogP contribution in [0.5, 0.6) is 5.88 Å². The molecule has 2 heterocycles. The number of halogens is 1. The van der Waals surface area contributed by atoms with Crippen LogP contribution in [-0.2, 0) is 4.79 Å². The lowest BCUT2D eigenvalue weighted by Crippen LogP contribution is -2.14. The quantitative estimate of drug-likeness (QED) is 0.612. The molecule has 20 heavy (non-hydrogen) atoms. The monoisotopic (exact) mass is 297 g/mol. The molecular formula is C12H16ClN5O2. The summed E-state index contributed by atoms with van der Waals surface area (Å²) in [5, 5.41) is 0.0954. The molecule has 8 heteroatoms. The van der Waals surface area contributed by atoms with E-state index in [1.54, 1.807) is 6.33 Å². The summed E-state index contributed by atoms with van der Waals surface area (Å²) in [6, 6.07) is 0.0471. The van der Waals surface area contributed by atoms with Crippen LogP contribution < -0.4 is 10.5 Å². The highest BCUT2D eigenvalue weighted by Crippen LogP contribution is 2.27. The summed E-state index contributed by atoms with van der Waals surface area (Å²) in [6.07, 6.45) is 4.41. The average Bonchev–Trinajstić information content (AvgIpc) is 2.86. The highest BCUT2D eigenvalue weighted by Gasteiger charge is 2.18. The van der Waals surface area contributed by atoms with Crippen molar-refractivity contribution in [2.75, 3.05) is 13.7 Å². The van der Waals surface area contributed by atoms with Crippen molar-refractivity contribution in [2.24, 2.45) is 5.73 Å². The molecule has 2 N–H and O–H groups in total. The van der Waals surface area contributed by atoms with E-state index in [1.807, 2.05) is 4.57 Å². The van der Waals surface area contributed by atoms with Crippen LogP contribution in [0.1, 0.15) is 25.3 Å². The summed E-state index contributed by atoms with van der Waals surface area (Å²) in [5.74, 6) is 0.334. The van der Waals surface area contributed by atoms with Gasteiger partial charge in [0.1, 0.15) is 6.29 Å². The van der Waals surface area contributed by atoms with Crippen molar-refractivity contribution in [3.63, 3.8) is 0 Å². The third-order valence-corrected chi connectivity index (χ3v) is 3.24. The van der Waals surface area contributed by atoms with Crippen LogP contribution in [0.4, 0.5) is 0 Å². The number of carbonyl (C=O) groups is 1. The van der Waals surface area contributed by atoms with Gasteiger partial charge in [0, 0.05) is 12.5 Å². The lowest BCUT2D eigenvalue weighted by molar-refractivity contribution is -0.108. The zero-order chi connectivity index (χ0) is 14.5.